The summed E-state index contributed by atoms with van der Waals surface area (Å²) in [6.45, 7) is 4.32. The van der Waals surface area contributed by atoms with E-state index in [2.05, 4.69) is 13.8 Å². The van der Waals surface area contributed by atoms with Crippen molar-refractivity contribution < 1.29 is 14.3 Å². The van der Waals surface area contributed by atoms with Crippen LogP contribution in [0.5, 0.6) is 0 Å². The van der Waals surface area contributed by atoms with E-state index < -0.39 is 11.8 Å². The zero-order chi connectivity index (χ0) is 12.8. The van der Waals surface area contributed by atoms with E-state index in [0.29, 0.717) is 11.7 Å². The molecule has 2 nitrogen and oxygen atoms in total. The molecule has 0 heterocycles. The van der Waals surface area contributed by atoms with Crippen LogP contribution in [0.1, 0.15) is 36.2 Å². The van der Waals surface area contributed by atoms with E-state index in [9.17, 15) is 9.18 Å². The maximum Gasteiger partial charge on any atom is 0.335 e. The lowest BCUT2D eigenvalue weighted by Gasteiger charge is -2.05. The van der Waals surface area contributed by atoms with Gasteiger partial charge in [-0.3, -0.25) is 0 Å². The third-order valence-corrected chi connectivity index (χ3v) is 3.37. The lowest BCUT2D eigenvalue weighted by Crippen LogP contribution is -1.99. The molecule has 1 aromatic carbocycles. The second-order valence-corrected chi connectivity index (χ2v) is 5.49. The molecule has 0 saturated carbocycles. The Bertz CT molecular complexity index is 391. The molecule has 4 heteroatoms. The molecular formula is C13H17FO2S. The zero-order valence-corrected chi connectivity index (χ0v) is 10.9. The summed E-state index contributed by atoms with van der Waals surface area (Å²) in [6.07, 6.45) is 1.12. The number of carboxylic acid groups (broad SMARTS) is 1. The highest BCUT2D eigenvalue weighted by molar-refractivity contribution is 7.98. The van der Waals surface area contributed by atoms with Gasteiger partial charge in [-0.1, -0.05) is 13.8 Å². The van der Waals surface area contributed by atoms with Gasteiger partial charge < -0.3 is 5.11 Å². The van der Waals surface area contributed by atoms with Crippen molar-refractivity contribution in [3.05, 3.63) is 35.1 Å². The normalized spacial score (nSPS) is 10.8. The number of halogens is 1. The Morgan fingerprint density at radius 2 is 2.12 bits per heavy atom. The summed E-state index contributed by atoms with van der Waals surface area (Å²) >= 11 is 1.70. The van der Waals surface area contributed by atoms with E-state index in [1.54, 1.807) is 11.8 Å². The minimum atomic E-state index is -1.09. The average Bonchev–Trinajstić information content (AvgIpc) is 2.23. The number of benzene rings is 1. The van der Waals surface area contributed by atoms with Crippen molar-refractivity contribution in [2.45, 2.75) is 26.0 Å². The summed E-state index contributed by atoms with van der Waals surface area (Å²) in [5, 5.41) is 8.80. The standard InChI is InChI=1S/C13H17FO2S/c1-9(2)3-4-17-8-10-5-11(13(15)16)7-12(14)6-10/h5-7,9H,3-4,8H2,1-2H3,(H,15,16). The molecule has 0 spiro atoms. The first kappa shape index (κ1) is 14.0. The van der Waals surface area contributed by atoms with Gasteiger partial charge in [0.25, 0.3) is 0 Å². The van der Waals surface area contributed by atoms with Gasteiger partial charge in [0.1, 0.15) is 5.82 Å². The molecule has 94 valence electrons. The van der Waals surface area contributed by atoms with Crippen LogP contribution in [0.25, 0.3) is 0 Å². The van der Waals surface area contributed by atoms with Gasteiger partial charge in [-0.25, -0.2) is 9.18 Å². The smallest absolute Gasteiger partial charge is 0.335 e. The van der Waals surface area contributed by atoms with Gasteiger partial charge in [-0.15, -0.1) is 0 Å². The van der Waals surface area contributed by atoms with Crippen LogP contribution in [0.2, 0.25) is 0 Å². The molecule has 1 aromatic rings. The Morgan fingerprint density at radius 3 is 2.71 bits per heavy atom. The van der Waals surface area contributed by atoms with Crippen molar-refractivity contribution in [3.8, 4) is 0 Å². The molecule has 0 aliphatic rings. The van der Waals surface area contributed by atoms with Gasteiger partial charge >= 0.3 is 5.97 Å². The van der Waals surface area contributed by atoms with Crippen molar-refractivity contribution in [2.75, 3.05) is 5.75 Å². The third kappa shape index (κ3) is 5.22. The molecule has 0 aliphatic heterocycles. The molecule has 0 fully saturated rings. The fourth-order valence-corrected chi connectivity index (χ4v) is 2.55. The Labute approximate surface area is 105 Å². The van der Waals surface area contributed by atoms with Crippen molar-refractivity contribution in [2.24, 2.45) is 5.92 Å². The first-order valence-corrected chi connectivity index (χ1v) is 6.75. The summed E-state index contributed by atoms with van der Waals surface area (Å²) < 4.78 is 13.2. The van der Waals surface area contributed by atoms with Crippen LogP contribution >= 0.6 is 11.8 Å². The SMILES string of the molecule is CC(C)CCSCc1cc(F)cc(C(=O)O)c1. The van der Waals surface area contributed by atoms with E-state index in [1.807, 2.05) is 0 Å². The fraction of sp³-hybridized carbons (Fsp3) is 0.462. The van der Waals surface area contributed by atoms with Crippen molar-refractivity contribution >= 4 is 17.7 Å². The fourth-order valence-electron chi connectivity index (χ4n) is 1.37. The van der Waals surface area contributed by atoms with E-state index in [0.717, 1.165) is 23.8 Å². The number of carbonyl (C=O) groups is 1. The molecular weight excluding hydrogens is 239 g/mol. The molecule has 0 unspecified atom stereocenters. The van der Waals surface area contributed by atoms with Crippen LogP contribution in [-0.2, 0) is 5.75 Å². The van der Waals surface area contributed by atoms with Gasteiger partial charge in [-0.05, 0) is 41.9 Å². The predicted octanol–water partition coefficient (Wildman–Crippen LogP) is 3.80. The minimum Gasteiger partial charge on any atom is -0.478 e. The summed E-state index contributed by atoms with van der Waals surface area (Å²) in [5.74, 6) is 0.758. The highest BCUT2D eigenvalue weighted by atomic mass is 32.2. The van der Waals surface area contributed by atoms with E-state index >= 15 is 0 Å². The average molecular weight is 256 g/mol. The molecule has 0 aliphatic carbocycles. The van der Waals surface area contributed by atoms with Crippen LogP contribution < -0.4 is 0 Å². The maximum absolute atomic E-state index is 13.2. The second kappa shape index (κ2) is 6.64. The number of thioether (sulfide) groups is 1. The lowest BCUT2D eigenvalue weighted by molar-refractivity contribution is 0.0696. The van der Waals surface area contributed by atoms with E-state index in [1.165, 1.54) is 12.1 Å². The Morgan fingerprint density at radius 1 is 1.41 bits per heavy atom. The molecule has 0 atom stereocenters. The van der Waals surface area contributed by atoms with Crippen molar-refractivity contribution in [3.63, 3.8) is 0 Å². The highest BCUT2D eigenvalue weighted by Gasteiger charge is 2.07. The Kier molecular flexibility index (Phi) is 5.48. The molecule has 0 radical (unpaired) electrons. The predicted molar refractivity (Wildman–Crippen MR) is 69.0 cm³/mol. The second-order valence-electron chi connectivity index (χ2n) is 4.39. The number of carboxylic acids is 1. The molecule has 1 N–H and O–H groups in total. The Balaban J connectivity index is 2.56. The molecule has 0 aromatic heterocycles. The quantitative estimate of drug-likeness (QED) is 0.786. The van der Waals surface area contributed by atoms with Crippen LogP contribution in [0.15, 0.2) is 18.2 Å². The van der Waals surface area contributed by atoms with Crippen molar-refractivity contribution in [1.82, 2.24) is 0 Å². The largest absolute Gasteiger partial charge is 0.478 e. The number of hydrogen-bond donors (Lipinski definition) is 1. The molecule has 0 saturated heterocycles. The van der Waals surface area contributed by atoms with E-state index in [-0.39, 0.29) is 5.56 Å². The summed E-state index contributed by atoms with van der Waals surface area (Å²) in [7, 11) is 0. The highest BCUT2D eigenvalue weighted by Crippen LogP contribution is 2.18. The van der Waals surface area contributed by atoms with Gasteiger partial charge in [0, 0.05) is 5.75 Å². The zero-order valence-electron chi connectivity index (χ0n) is 10.1. The minimum absolute atomic E-state index is 0.0180. The van der Waals surface area contributed by atoms with Crippen LogP contribution in [0, 0.1) is 11.7 Å². The number of hydrogen-bond acceptors (Lipinski definition) is 2. The van der Waals surface area contributed by atoms with E-state index in [4.69, 9.17) is 5.11 Å². The van der Waals surface area contributed by atoms with Gasteiger partial charge in [0.05, 0.1) is 5.56 Å². The summed E-state index contributed by atoms with van der Waals surface area (Å²) in [5.41, 5.74) is 0.751. The Hall–Kier alpha value is -1.03. The first-order chi connectivity index (χ1) is 7.99. The third-order valence-electron chi connectivity index (χ3n) is 2.31. The van der Waals surface area contributed by atoms with Crippen LogP contribution in [0.4, 0.5) is 4.39 Å². The molecule has 17 heavy (non-hydrogen) atoms. The van der Waals surface area contributed by atoms with Crippen LogP contribution in [0.3, 0.4) is 0 Å². The summed E-state index contributed by atoms with van der Waals surface area (Å²) in [4.78, 5) is 10.8. The first-order valence-electron chi connectivity index (χ1n) is 5.59. The van der Waals surface area contributed by atoms with Gasteiger partial charge in [0.2, 0.25) is 0 Å². The van der Waals surface area contributed by atoms with Gasteiger partial charge in [0.15, 0.2) is 0 Å². The topological polar surface area (TPSA) is 37.3 Å². The van der Waals surface area contributed by atoms with Crippen LogP contribution in [-0.4, -0.2) is 16.8 Å². The summed E-state index contributed by atoms with van der Waals surface area (Å²) in [6, 6.07) is 3.98. The van der Waals surface area contributed by atoms with Gasteiger partial charge in [-0.2, -0.15) is 11.8 Å². The monoisotopic (exact) mass is 256 g/mol. The van der Waals surface area contributed by atoms with Crippen molar-refractivity contribution in [1.29, 1.82) is 0 Å². The molecule has 1 rings (SSSR count). The number of aromatic carboxylic acids is 1. The molecule has 0 bridgehead atoms. The maximum atomic E-state index is 13.2. The lowest BCUT2D eigenvalue weighted by atomic mass is 10.1. The number of rotatable bonds is 6. The molecule has 0 amide bonds.